The van der Waals surface area contributed by atoms with Gasteiger partial charge in [-0.2, -0.15) is 0 Å². The van der Waals surface area contributed by atoms with Crippen LogP contribution in [-0.4, -0.2) is 58.4 Å². The molecule has 24 heavy (non-hydrogen) atoms. The van der Waals surface area contributed by atoms with Crippen LogP contribution >= 0.6 is 0 Å². The van der Waals surface area contributed by atoms with Gasteiger partial charge in [0.25, 0.3) is 0 Å². The minimum Gasteiger partial charge on any atom is -0.348 e. The number of aromatic nitrogens is 2. The first kappa shape index (κ1) is 16.7. The molecule has 1 aliphatic heterocycles. The number of hydrogen-bond acceptors (Lipinski definition) is 3. The molecule has 3 rings (SSSR count). The highest BCUT2D eigenvalue weighted by Gasteiger charge is 2.26. The third-order valence-corrected chi connectivity index (χ3v) is 4.83. The maximum atomic E-state index is 12.9. The summed E-state index contributed by atoms with van der Waals surface area (Å²) in [5.41, 5.74) is 2.17. The average Bonchev–Trinajstić information content (AvgIpc) is 3.10. The van der Waals surface area contributed by atoms with Crippen LogP contribution in [0.5, 0.6) is 0 Å². The third kappa shape index (κ3) is 4.45. The van der Waals surface area contributed by atoms with Crippen molar-refractivity contribution in [3.05, 3.63) is 54.1 Å². The Bertz CT molecular complexity index is 618. The number of likely N-dealkylation sites (tertiary alicyclic amines) is 1. The van der Waals surface area contributed by atoms with Crippen LogP contribution in [0.2, 0.25) is 0 Å². The summed E-state index contributed by atoms with van der Waals surface area (Å²) in [4.78, 5) is 24.4. The maximum Gasteiger partial charge on any atom is 0.228 e. The van der Waals surface area contributed by atoms with Crippen molar-refractivity contribution < 1.29 is 4.79 Å². The first-order valence-electron chi connectivity index (χ1n) is 8.71. The van der Waals surface area contributed by atoms with Crippen molar-refractivity contribution in [2.75, 3.05) is 26.7 Å². The van der Waals surface area contributed by atoms with Crippen molar-refractivity contribution in [3.63, 3.8) is 0 Å². The van der Waals surface area contributed by atoms with Gasteiger partial charge in [0.1, 0.15) is 0 Å². The van der Waals surface area contributed by atoms with E-state index in [1.807, 2.05) is 6.07 Å². The minimum absolute atomic E-state index is 0.199. The van der Waals surface area contributed by atoms with E-state index in [2.05, 4.69) is 51.1 Å². The molecule has 0 saturated carbocycles. The first-order valence-corrected chi connectivity index (χ1v) is 8.71. The van der Waals surface area contributed by atoms with Crippen molar-refractivity contribution in [2.45, 2.75) is 31.7 Å². The molecule has 2 aromatic rings. The van der Waals surface area contributed by atoms with Gasteiger partial charge < -0.3 is 14.8 Å². The van der Waals surface area contributed by atoms with Gasteiger partial charge in [-0.15, -0.1) is 0 Å². The zero-order valence-corrected chi connectivity index (χ0v) is 14.3. The Hall–Kier alpha value is -2.14. The van der Waals surface area contributed by atoms with E-state index in [1.165, 1.54) is 5.56 Å². The van der Waals surface area contributed by atoms with Crippen LogP contribution in [0.15, 0.2) is 42.9 Å². The zero-order chi connectivity index (χ0) is 16.8. The van der Waals surface area contributed by atoms with Crippen LogP contribution in [-0.2, 0) is 17.6 Å². The number of hydrogen-bond donors (Lipinski definition) is 1. The molecule has 128 valence electrons. The topological polar surface area (TPSA) is 52.2 Å². The second-order valence-electron chi connectivity index (χ2n) is 6.61. The Kier molecular flexibility index (Phi) is 5.64. The Balaban J connectivity index is 1.66. The molecule has 1 N–H and O–H groups in total. The van der Waals surface area contributed by atoms with E-state index in [-0.39, 0.29) is 5.91 Å². The monoisotopic (exact) mass is 326 g/mol. The number of amides is 1. The summed E-state index contributed by atoms with van der Waals surface area (Å²) < 4.78 is 0. The largest absolute Gasteiger partial charge is 0.348 e. The van der Waals surface area contributed by atoms with E-state index in [4.69, 9.17) is 0 Å². The zero-order valence-electron chi connectivity index (χ0n) is 14.3. The fourth-order valence-electron chi connectivity index (χ4n) is 3.36. The molecule has 1 saturated heterocycles. The number of carbonyl (C=O) groups is 1. The summed E-state index contributed by atoms with van der Waals surface area (Å²) >= 11 is 0. The van der Waals surface area contributed by atoms with Gasteiger partial charge >= 0.3 is 0 Å². The first-order chi connectivity index (χ1) is 11.7. The molecular formula is C19H26N4O. The van der Waals surface area contributed by atoms with Crippen LogP contribution in [0, 0.1) is 0 Å². The van der Waals surface area contributed by atoms with Gasteiger partial charge in [0, 0.05) is 24.5 Å². The van der Waals surface area contributed by atoms with Crippen LogP contribution < -0.4 is 0 Å². The number of aromatic amines is 1. The molecule has 5 nitrogen and oxygen atoms in total. The number of imidazole rings is 1. The number of piperidine rings is 1. The van der Waals surface area contributed by atoms with Gasteiger partial charge in [-0.1, -0.05) is 30.3 Å². The number of H-pyrrole nitrogens is 1. The maximum absolute atomic E-state index is 12.9. The van der Waals surface area contributed by atoms with Gasteiger partial charge in [0.2, 0.25) is 5.91 Å². The fraction of sp³-hybridized carbons (Fsp3) is 0.474. The van der Waals surface area contributed by atoms with Crippen molar-refractivity contribution in [3.8, 4) is 0 Å². The molecular weight excluding hydrogens is 300 g/mol. The lowest BCUT2D eigenvalue weighted by Gasteiger charge is -2.37. The summed E-state index contributed by atoms with van der Waals surface area (Å²) in [5, 5.41) is 0. The molecule has 1 aromatic carbocycles. The van der Waals surface area contributed by atoms with Gasteiger partial charge in [-0.05, 0) is 45.0 Å². The van der Waals surface area contributed by atoms with Crippen LogP contribution in [0.4, 0.5) is 0 Å². The van der Waals surface area contributed by atoms with Gasteiger partial charge in [0.15, 0.2) is 0 Å². The molecule has 2 heterocycles. The second-order valence-corrected chi connectivity index (χ2v) is 6.61. The van der Waals surface area contributed by atoms with Crippen molar-refractivity contribution in [2.24, 2.45) is 0 Å². The standard InChI is InChI=1S/C19H26N4O/c1-22-10-8-18(9-11-22)23(12-7-16-5-3-2-4-6-16)19(24)13-17-14-20-15-21-17/h2-6,14-15,18H,7-13H2,1H3,(H,20,21). The van der Waals surface area contributed by atoms with Gasteiger partial charge in [-0.25, -0.2) is 4.98 Å². The number of nitrogens with one attached hydrogen (secondary N) is 1. The van der Waals surface area contributed by atoms with Crippen LogP contribution in [0.25, 0.3) is 0 Å². The molecule has 1 aliphatic rings. The molecule has 0 bridgehead atoms. The van der Waals surface area contributed by atoms with E-state index < -0.39 is 0 Å². The second kappa shape index (κ2) is 8.11. The third-order valence-electron chi connectivity index (χ3n) is 4.83. The van der Waals surface area contributed by atoms with Gasteiger partial charge in [0.05, 0.1) is 12.7 Å². The highest BCUT2D eigenvalue weighted by atomic mass is 16.2. The average molecular weight is 326 g/mol. The molecule has 0 atom stereocenters. The molecule has 0 aliphatic carbocycles. The molecule has 1 aromatic heterocycles. The quantitative estimate of drug-likeness (QED) is 0.885. The Morgan fingerprint density at radius 1 is 1.29 bits per heavy atom. The summed E-state index contributed by atoms with van der Waals surface area (Å²) in [6.07, 6.45) is 6.79. The number of nitrogens with zero attached hydrogens (tertiary/aromatic N) is 3. The summed E-state index contributed by atoms with van der Waals surface area (Å²) in [6.45, 7) is 2.90. The molecule has 1 fully saturated rings. The van der Waals surface area contributed by atoms with E-state index in [1.54, 1.807) is 12.5 Å². The minimum atomic E-state index is 0.199. The van der Waals surface area contributed by atoms with E-state index in [0.717, 1.165) is 44.6 Å². The molecule has 0 unspecified atom stereocenters. The number of carbonyl (C=O) groups excluding carboxylic acids is 1. The lowest BCUT2D eigenvalue weighted by molar-refractivity contribution is -0.133. The van der Waals surface area contributed by atoms with E-state index >= 15 is 0 Å². The SMILES string of the molecule is CN1CCC(N(CCc2ccccc2)C(=O)Cc2cnc[nH]2)CC1. The van der Waals surface area contributed by atoms with Crippen molar-refractivity contribution in [1.29, 1.82) is 0 Å². The Morgan fingerprint density at radius 3 is 2.71 bits per heavy atom. The van der Waals surface area contributed by atoms with Crippen molar-refractivity contribution >= 4 is 5.91 Å². The van der Waals surface area contributed by atoms with E-state index in [0.29, 0.717) is 12.5 Å². The molecule has 0 spiro atoms. The molecule has 1 amide bonds. The lowest BCUT2D eigenvalue weighted by Crippen LogP contribution is -2.47. The predicted octanol–water partition coefficient (Wildman–Crippen LogP) is 2.12. The van der Waals surface area contributed by atoms with Crippen molar-refractivity contribution in [1.82, 2.24) is 19.8 Å². The van der Waals surface area contributed by atoms with Gasteiger partial charge in [-0.3, -0.25) is 4.79 Å². The van der Waals surface area contributed by atoms with Crippen LogP contribution in [0.3, 0.4) is 0 Å². The Labute approximate surface area is 143 Å². The smallest absolute Gasteiger partial charge is 0.228 e. The van der Waals surface area contributed by atoms with E-state index in [9.17, 15) is 4.79 Å². The molecule has 5 heteroatoms. The summed E-state index contributed by atoms with van der Waals surface area (Å²) in [7, 11) is 2.15. The van der Waals surface area contributed by atoms with Crippen LogP contribution in [0.1, 0.15) is 24.1 Å². The lowest BCUT2D eigenvalue weighted by atomic mass is 10.0. The summed E-state index contributed by atoms with van der Waals surface area (Å²) in [5.74, 6) is 0.199. The highest BCUT2D eigenvalue weighted by Crippen LogP contribution is 2.18. The normalized spacial score (nSPS) is 16.2. The predicted molar refractivity (Wildman–Crippen MR) is 94.7 cm³/mol. The molecule has 0 radical (unpaired) electrons. The fourth-order valence-corrected chi connectivity index (χ4v) is 3.36. The number of rotatable bonds is 6. The highest BCUT2D eigenvalue weighted by molar-refractivity contribution is 5.78. The Morgan fingerprint density at radius 2 is 2.04 bits per heavy atom. The number of benzene rings is 1. The summed E-state index contributed by atoms with van der Waals surface area (Å²) in [6, 6.07) is 10.8.